The second kappa shape index (κ2) is 5.65. The van der Waals surface area contributed by atoms with Gasteiger partial charge in [0.1, 0.15) is 0 Å². The Kier molecular flexibility index (Phi) is 3.95. The van der Waals surface area contributed by atoms with Gasteiger partial charge < -0.3 is 4.74 Å². The molecule has 0 saturated heterocycles. The molecule has 98 valence electrons. The van der Waals surface area contributed by atoms with Crippen LogP contribution in [-0.4, -0.2) is 13.1 Å². The van der Waals surface area contributed by atoms with Gasteiger partial charge in [-0.2, -0.15) is 0 Å². The van der Waals surface area contributed by atoms with Crippen LogP contribution in [0.1, 0.15) is 30.2 Å². The highest BCUT2D eigenvalue weighted by molar-refractivity contribution is 5.89. The SMILES string of the molecule is COC(=O)c1ccc(-c2cc[n+](C(C)C)cc2)cc1. The van der Waals surface area contributed by atoms with E-state index in [1.165, 1.54) is 7.11 Å². The fourth-order valence-electron chi connectivity index (χ4n) is 1.89. The van der Waals surface area contributed by atoms with E-state index < -0.39 is 0 Å². The number of rotatable bonds is 3. The Balaban J connectivity index is 2.24. The van der Waals surface area contributed by atoms with E-state index in [0.717, 1.165) is 11.1 Å². The summed E-state index contributed by atoms with van der Waals surface area (Å²) in [5.74, 6) is -0.308. The summed E-state index contributed by atoms with van der Waals surface area (Å²) in [5, 5.41) is 0. The van der Waals surface area contributed by atoms with Gasteiger partial charge in [0.05, 0.1) is 12.7 Å². The summed E-state index contributed by atoms with van der Waals surface area (Å²) in [7, 11) is 1.39. The van der Waals surface area contributed by atoms with E-state index in [1.54, 1.807) is 12.1 Å². The third kappa shape index (κ3) is 2.99. The number of nitrogens with zero attached hydrogens (tertiary/aromatic N) is 1. The van der Waals surface area contributed by atoms with Gasteiger partial charge in [-0.3, -0.25) is 0 Å². The van der Waals surface area contributed by atoms with Crippen LogP contribution in [0.15, 0.2) is 48.8 Å². The van der Waals surface area contributed by atoms with Gasteiger partial charge in [0.2, 0.25) is 0 Å². The first-order valence-electron chi connectivity index (χ1n) is 6.31. The number of methoxy groups -OCH3 is 1. The highest BCUT2D eigenvalue weighted by atomic mass is 16.5. The van der Waals surface area contributed by atoms with Gasteiger partial charge in [-0.25, -0.2) is 9.36 Å². The predicted octanol–water partition coefficient (Wildman–Crippen LogP) is 3.01. The molecule has 1 aromatic carbocycles. The second-order valence-corrected chi connectivity index (χ2v) is 4.70. The Morgan fingerprint density at radius 1 is 1.00 bits per heavy atom. The fourth-order valence-corrected chi connectivity index (χ4v) is 1.89. The first kappa shape index (κ1) is 13.3. The largest absolute Gasteiger partial charge is 0.465 e. The molecule has 0 atom stereocenters. The second-order valence-electron chi connectivity index (χ2n) is 4.70. The molecule has 3 nitrogen and oxygen atoms in total. The van der Waals surface area contributed by atoms with Crippen molar-refractivity contribution >= 4 is 5.97 Å². The Labute approximate surface area is 113 Å². The van der Waals surface area contributed by atoms with Crippen molar-refractivity contribution in [2.45, 2.75) is 19.9 Å². The summed E-state index contributed by atoms with van der Waals surface area (Å²) in [6, 6.07) is 12.0. The molecule has 0 saturated carbocycles. The zero-order valence-corrected chi connectivity index (χ0v) is 11.5. The smallest absolute Gasteiger partial charge is 0.337 e. The molecule has 2 aromatic rings. The number of hydrogen-bond donors (Lipinski definition) is 0. The van der Waals surface area contributed by atoms with Crippen molar-refractivity contribution in [2.24, 2.45) is 0 Å². The third-order valence-electron chi connectivity index (χ3n) is 3.09. The summed E-state index contributed by atoms with van der Waals surface area (Å²) in [4.78, 5) is 11.4. The maximum atomic E-state index is 11.4. The van der Waals surface area contributed by atoms with Gasteiger partial charge in [0.25, 0.3) is 0 Å². The third-order valence-corrected chi connectivity index (χ3v) is 3.09. The normalized spacial score (nSPS) is 10.5. The van der Waals surface area contributed by atoms with Gasteiger partial charge in [-0.15, -0.1) is 0 Å². The number of benzene rings is 1. The molecule has 1 heterocycles. The molecular weight excluding hydrogens is 238 g/mol. The van der Waals surface area contributed by atoms with E-state index in [1.807, 2.05) is 12.1 Å². The van der Waals surface area contributed by atoms with Crippen molar-refractivity contribution < 1.29 is 14.1 Å². The average molecular weight is 256 g/mol. The molecule has 3 heteroatoms. The summed E-state index contributed by atoms with van der Waals surface area (Å²) < 4.78 is 6.83. The molecule has 19 heavy (non-hydrogen) atoms. The first-order chi connectivity index (χ1) is 9.11. The maximum Gasteiger partial charge on any atom is 0.337 e. The number of ether oxygens (including phenoxy) is 1. The fraction of sp³-hybridized carbons (Fsp3) is 0.250. The molecule has 0 N–H and O–H groups in total. The van der Waals surface area contributed by atoms with Crippen LogP contribution in [0.2, 0.25) is 0 Å². The lowest BCUT2D eigenvalue weighted by atomic mass is 10.1. The van der Waals surface area contributed by atoms with E-state index in [0.29, 0.717) is 11.6 Å². The van der Waals surface area contributed by atoms with Crippen LogP contribution in [0.25, 0.3) is 11.1 Å². The lowest BCUT2D eigenvalue weighted by molar-refractivity contribution is -0.716. The van der Waals surface area contributed by atoms with E-state index in [2.05, 4.69) is 47.7 Å². The van der Waals surface area contributed by atoms with Crippen molar-refractivity contribution in [1.29, 1.82) is 0 Å². The van der Waals surface area contributed by atoms with Gasteiger partial charge in [0, 0.05) is 12.1 Å². The number of esters is 1. The lowest BCUT2D eigenvalue weighted by Gasteiger charge is -2.04. The summed E-state index contributed by atoms with van der Waals surface area (Å²) >= 11 is 0. The van der Waals surface area contributed by atoms with E-state index in [4.69, 9.17) is 0 Å². The minimum atomic E-state index is -0.308. The summed E-state index contributed by atoms with van der Waals surface area (Å²) in [5.41, 5.74) is 2.79. The molecule has 2 rings (SSSR count). The van der Waals surface area contributed by atoms with Crippen LogP contribution in [0.4, 0.5) is 0 Å². The van der Waals surface area contributed by atoms with Crippen LogP contribution in [0.5, 0.6) is 0 Å². The van der Waals surface area contributed by atoms with E-state index in [9.17, 15) is 4.79 Å². The summed E-state index contributed by atoms with van der Waals surface area (Å²) in [6.07, 6.45) is 4.13. The molecule has 0 spiro atoms. The molecule has 0 aliphatic heterocycles. The topological polar surface area (TPSA) is 30.2 Å². The van der Waals surface area contributed by atoms with Crippen molar-refractivity contribution in [3.05, 3.63) is 54.4 Å². The zero-order chi connectivity index (χ0) is 13.8. The van der Waals surface area contributed by atoms with E-state index >= 15 is 0 Å². The minimum absolute atomic E-state index is 0.308. The Bertz CT molecular complexity index is 556. The van der Waals surface area contributed by atoms with Crippen LogP contribution >= 0.6 is 0 Å². The number of carbonyl (C=O) groups is 1. The van der Waals surface area contributed by atoms with Crippen LogP contribution < -0.4 is 4.57 Å². The number of hydrogen-bond acceptors (Lipinski definition) is 2. The molecule has 0 aliphatic rings. The van der Waals surface area contributed by atoms with Crippen molar-refractivity contribution in [3.63, 3.8) is 0 Å². The van der Waals surface area contributed by atoms with Gasteiger partial charge in [-0.05, 0) is 37.1 Å². The zero-order valence-electron chi connectivity index (χ0n) is 11.5. The molecule has 0 aliphatic carbocycles. The van der Waals surface area contributed by atoms with Crippen LogP contribution in [0, 0.1) is 0 Å². The van der Waals surface area contributed by atoms with Gasteiger partial charge >= 0.3 is 5.97 Å². The van der Waals surface area contributed by atoms with Gasteiger partial charge in [-0.1, -0.05) is 12.1 Å². The van der Waals surface area contributed by atoms with Crippen LogP contribution in [0.3, 0.4) is 0 Å². The maximum absolute atomic E-state index is 11.4. The quantitative estimate of drug-likeness (QED) is 0.624. The predicted molar refractivity (Wildman–Crippen MR) is 73.8 cm³/mol. The lowest BCUT2D eigenvalue weighted by Crippen LogP contribution is -2.34. The van der Waals surface area contributed by atoms with Crippen molar-refractivity contribution in [3.8, 4) is 11.1 Å². The van der Waals surface area contributed by atoms with Crippen LogP contribution in [-0.2, 0) is 4.74 Å². The first-order valence-corrected chi connectivity index (χ1v) is 6.31. The van der Waals surface area contributed by atoms with Crippen molar-refractivity contribution in [1.82, 2.24) is 0 Å². The minimum Gasteiger partial charge on any atom is -0.465 e. The molecule has 0 bridgehead atoms. The van der Waals surface area contributed by atoms with E-state index in [-0.39, 0.29) is 5.97 Å². The number of pyridine rings is 1. The standard InChI is InChI=1S/C16H18NO2/c1-12(2)17-10-8-14(9-11-17)13-4-6-15(7-5-13)16(18)19-3/h4-12H,1-3H3/q+1. The number of carbonyl (C=O) groups excluding carboxylic acids is 1. The Morgan fingerprint density at radius 2 is 1.53 bits per heavy atom. The highest BCUT2D eigenvalue weighted by Crippen LogP contribution is 2.18. The molecule has 0 radical (unpaired) electrons. The molecular formula is C16H18NO2+. The average Bonchev–Trinajstić information content (AvgIpc) is 2.46. The summed E-state index contributed by atoms with van der Waals surface area (Å²) in [6.45, 7) is 4.29. The molecule has 0 fully saturated rings. The Morgan fingerprint density at radius 3 is 2.00 bits per heavy atom. The molecule has 0 amide bonds. The van der Waals surface area contributed by atoms with Gasteiger partial charge in [0.15, 0.2) is 18.4 Å². The molecule has 1 aromatic heterocycles. The molecule has 0 unspecified atom stereocenters. The Hall–Kier alpha value is -2.16. The highest BCUT2D eigenvalue weighted by Gasteiger charge is 2.08. The number of aromatic nitrogens is 1. The monoisotopic (exact) mass is 256 g/mol. The van der Waals surface area contributed by atoms with Crippen molar-refractivity contribution in [2.75, 3.05) is 7.11 Å².